The quantitative estimate of drug-likeness (QED) is 0.848. The van der Waals surface area contributed by atoms with Crippen molar-refractivity contribution in [3.05, 3.63) is 59.7 Å². The van der Waals surface area contributed by atoms with Gasteiger partial charge in [-0.3, -0.25) is 4.79 Å². The number of carbonyl (C=O) groups is 1. The van der Waals surface area contributed by atoms with Crippen LogP contribution in [0.1, 0.15) is 24.5 Å². The van der Waals surface area contributed by atoms with Crippen LogP contribution in [0.4, 0.5) is 0 Å². The molecule has 2 rings (SSSR count). The second-order valence-electron chi connectivity index (χ2n) is 5.18. The summed E-state index contributed by atoms with van der Waals surface area (Å²) in [5.41, 5.74) is 1.17. The molecule has 0 radical (unpaired) electrons. The number of phenolic OH excluding ortho intramolecular Hbond substituents is 2. The number of hydrogen-bond donors (Lipinski definition) is 2. The van der Waals surface area contributed by atoms with Gasteiger partial charge in [0.15, 0.2) is 0 Å². The number of aromatic hydroxyl groups is 2. The van der Waals surface area contributed by atoms with Gasteiger partial charge in [-0.2, -0.15) is 0 Å². The van der Waals surface area contributed by atoms with E-state index in [0.717, 1.165) is 11.1 Å². The minimum atomic E-state index is -0.603. The fourth-order valence-corrected chi connectivity index (χ4v) is 2.39. The van der Waals surface area contributed by atoms with Crippen molar-refractivity contribution < 1.29 is 19.7 Å². The van der Waals surface area contributed by atoms with Crippen molar-refractivity contribution in [3.63, 3.8) is 0 Å². The molecule has 0 saturated heterocycles. The summed E-state index contributed by atoms with van der Waals surface area (Å²) in [7, 11) is 1.36. The molecule has 2 aromatic rings. The van der Waals surface area contributed by atoms with Crippen LogP contribution in [0.3, 0.4) is 0 Å². The standard InChI is InChI=1S/C17H18O4/c1-17(11-16(20)21-2,12-3-7-14(18)8-4-12)13-5-9-15(19)10-6-13/h3-10,18-19H,11H2,1-2H3. The van der Waals surface area contributed by atoms with Crippen LogP contribution in [-0.2, 0) is 14.9 Å². The van der Waals surface area contributed by atoms with Gasteiger partial charge in [-0.25, -0.2) is 0 Å². The molecule has 21 heavy (non-hydrogen) atoms. The predicted molar refractivity (Wildman–Crippen MR) is 79.3 cm³/mol. The van der Waals surface area contributed by atoms with Crippen LogP contribution in [0.15, 0.2) is 48.5 Å². The fraction of sp³-hybridized carbons (Fsp3) is 0.235. The molecule has 110 valence electrons. The molecule has 0 aliphatic rings. The van der Waals surface area contributed by atoms with E-state index in [1.54, 1.807) is 48.5 Å². The molecule has 0 saturated carbocycles. The zero-order chi connectivity index (χ0) is 15.5. The first kappa shape index (κ1) is 14.9. The lowest BCUT2D eigenvalue weighted by Gasteiger charge is -2.30. The molecule has 0 heterocycles. The van der Waals surface area contributed by atoms with Crippen LogP contribution in [0.25, 0.3) is 0 Å². The zero-order valence-corrected chi connectivity index (χ0v) is 12.0. The van der Waals surface area contributed by atoms with Gasteiger partial charge < -0.3 is 14.9 Å². The average Bonchev–Trinajstić information content (AvgIpc) is 2.48. The van der Waals surface area contributed by atoms with Gasteiger partial charge in [0.2, 0.25) is 0 Å². The summed E-state index contributed by atoms with van der Waals surface area (Å²) in [4.78, 5) is 11.8. The Hall–Kier alpha value is -2.49. The molecule has 2 aromatic carbocycles. The van der Waals surface area contributed by atoms with Crippen LogP contribution < -0.4 is 0 Å². The Kier molecular flexibility index (Phi) is 4.17. The van der Waals surface area contributed by atoms with E-state index < -0.39 is 5.41 Å². The lowest BCUT2D eigenvalue weighted by molar-refractivity contribution is -0.141. The molecule has 4 nitrogen and oxygen atoms in total. The highest BCUT2D eigenvalue weighted by Crippen LogP contribution is 2.37. The number of benzene rings is 2. The second kappa shape index (κ2) is 5.87. The van der Waals surface area contributed by atoms with Gasteiger partial charge in [0, 0.05) is 5.41 Å². The van der Waals surface area contributed by atoms with E-state index in [9.17, 15) is 15.0 Å². The predicted octanol–water partition coefficient (Wildman–Crippen LogP) is 2.97. The van der Waals surface area contributed by atoms with Crippen LogP contribution in [0.2, 0.25) is 0 Å². The minimum absolute atomic E-state index is 0.166. The molecule has 0 unspecified atom stereocenters. The van der Waals surface area contributed by atoms with E-state index in [1.807, 2.05) is 6.92 Å². The summed E-state index contributed by atoms with van der Waals surface area (Å²) in [6.45, 7) is 1.93. The van der Waals surface area contributed by atoms with Crippen LogP contribution in [-0.4, -0.2) is 23.3 Å². The third-order valence-electron chi connectivity index (χ3n) is 3.73. The maximum atomic E-state index is 11.8. The summed E-state index contributed by atoms with van der Waals surface area (Å²) in [5, 5.41) is 18.9. The lowest BCUT2D eigenvalue weighted by atomic mass is 9.74. The van der Waals surface area contributed by atoms with Gasteiger partial charge in [0.1, 0.15) is 11.5 Å². The van der Waals surface area contributed by atoms with Crippen molar-refractivity contribution in [2.75, 3.05) is 7.11 Å². The number of hydrogen-bond acceptors (Lipinski definition) is 4. The summed E-state index contributed by atoms with van der Waals surface area (Å²) in [6, 6.07) is 13.5. The molecule has 0 atom stereocenters. The molecular weight excluding hydrogens is 268 g/mol. The highest BCUT2D eigenvalue weighted by molar-refractivity contribution is 5.72. The number of ether oxygens (including phenoxy) is 1. The maximum Gasteiger partial charge on any atom is 0.306 e. The molecule has 0 fully saturated rings. The Morgan fingerprint density at radius 1 is 0.952 bits per heavy atom. The van der Waals surface area contributed by atoms with Crippen LogP contribution in [0.5, 0.6) is 11.5 Å². The number of esters is 1. The molecule has 0 bridgehead atoms. The summed E-state index contributed by atoms with van der Waals surface area (Å²) < 4.78 is 4.80. The van der Waals surface area contributed by atoms with E-state index in [-0.39, 0.29) is 23.9 Å². The summed E-state index contributed by atoms with van der Waals surface area (Å²) in [5.74, 6) is 0.0217. The zero-order valence-electron chi connectivity index (χ0n) is 12.0. The number of rotatable bonds is 4. The normalized spacial score (nSPS) is 11.1. The Morgan fingerprint density at radius 3 is 1.67 bits per heavy atom. The summed E-state index contributed by atoms with van der Waals surface area (Å²) >= 11 is 0. The van der Waals surface area contributed by atoms with Gasteiger partial charge in [-0.05, 0) is 35.4 Å². The molecule has 0 spiro atoms. The molecule has 0 aliphatic heterocycles. The molecular formula is C17H18O4. The van der Waals surface area contributed by atoms with Crippen molar-refractivity contribution in [3.8, 4) is 11.5 Å². The van der Waals surface area contributed by atoms with Gasteiger partial charge in [0.05, 0.1) is 13.5 Å². The monoisotopic (exact) mass is 286 g/mol. The first-order valence-electron chi connectivity index (χ1n) is 6.61. The van der Waals surface area contributed by atoms with Gasteiger partial charge in [-0.15, -0.1) is 0 Å². The Balaban J connectivity index is 2.50. The molecule has 4 heteroatoms. The van der Waals surface area contributed by atoms with Crippen molar-refractivity contribution in [2.24, 2.45) is 0 Å². The highest BCUT2D eigenvalue weighted by atomic mass is 16.5. The van der Waals surface area contributed by atoms with Crippen molar-refractivity contribution in [2.45, 2.75) is 18.8 Å². The van der Waals surface area contributed by atoms with E-state index in [1.165, 1.54) is 7.11 Å². The van der Waals surface area contributed by atoms with Gasteiger partial charge in [-0.1, -0.05) is 31.2 Å². The van der Waals surface area contributed by atoms with Crippen molar-refractivity contribution >= 4 is 5.97 Å². The van der Waals surface area contributed by atoms with Gasteiger partial charge in [0.25, 0.3) is 0 Å². The molecule has 2 N–H and O–H groups in total. The van der Waals surface area contributed by atoms with Crippen LogP contribution in [0, 0.1) is 0 Å². The number of methoxy groups -OCH3 is 1. The molecule has 0 aromatic heterocycles. The number of carbonyl (C=O) groups excluding carboxylic acids is 1. The highest BCUT2D eigenvalue weighted by Gasteiger charge is 2.32. The third kappa shape index (κ3) is 3.16. The SMILES string of the molecule is COC(=O)CC(C)(c1ccc(O)cc1)c1ccc(O)cc1. The minimum Gasteiger partial charge on any atom is -0.508 e. The Labute approximate surface area is 123 Å². The topological polar surface area (TPSA) is 66.8 Å². The number of phenols is 2. The van der Waals surface area contributed by atoms with Crippen molar-refractivity contribution in [1.29, 1.82) is 0 Å². The lowest BCUT2D eigenvalue weighted by Crippen LogP contribution is -2.27. The maximum absolute atomic E-state index is 11.8. The van der Waals surface area contributed by atoms with E-state index in [4.69, 9.17) is 4.74 Å². The fourth-order valence-electron chi connectivity index (χ4n) is 2.39. The third-order valence-corrected chi connectivity index (χ3v) is 3.73. The molecule has 0 aliphatic carbocycles. The van der Waals surface area contributed by atoms with Crippen LogP contribution >= 0.6 is 0 Å². The largest absolute Gasteiger partial charge is 0.508 e. The van der Waals surface area contributed by atoms with Gasteiger partial charge >= 0.3 is 5.97 Å². The second-order valence-corrected chi connectivity index (χ2v) is 5.18. The van der Waals surface area contributed by atoms with E-state index >= 15 is 0 Å². The van der Waals surface area contributed by atoms with Crippen molar-refractivity contribution in [1.82, 2.24) is 0 Å². The Bertz CT molecular complexity index is 569. The Morgan fingerprint density at radius 2 is 1.33 bits per heavy atom. The first-order chi connectivity index (χ1) is 9.95. The first-order valence-corrected chi connectivity index (χ1v) is 6.61. The summed E-state index contributed by atoms with van der Waals surface area (Å²) in [6.07, 6.45) is 0.166. The molecule has 0 amide bonds. The van der Waals surface area contributed by atoms with E-state index in [2.05, 4.69) is 0 Å². The smallest absolute Gasteiger partial charge is 0.306 e. The average molecular weight is 286 g/mol. The van der Waals surface area contributed by atoms with E-state index in [0.29, 0.717) is 0 Å².